The molecule has 1 aromatic carbocycles. The molecule has 94 valence electrons. The highest BCUT2D eigenvalue weighted by atomic mass is 15.1. The minimum Gasteiger partial charge on any atom is -0.368 e. The van der Waals surface area contributed by atoms with E-state index in [0.29, 0.717) is 5.95 Å². The fourth-order valence-corrected chi connectivity index (χ4v) is 1.87. The van der Waals surface area contributed by atoms with Gasteiger partial charge in [-0.2, -0.15) is 4.98 Å². The number of nitrogens with two attached hydrogens (primary N) is 1. The molecule has 0 saturated carbocycles. The van der Waals surface area contributed by atoms with Crippen molar-refractivity contribution in [3.8, 4) is 0 Å². The molecule has 3 N–H and O–H groups in total. The van der Waals surface area contributed by atoms with Crippen molar-refractivity contribution in [2.45, 2.75) is 26.3 Å². The Labute approximate surface area is 107 Å². The van der Waals surface area contributed by atoms with Crippen LogP contribution in [0.1, 0.15) is 30.5 Å². The van der Waals surface area contributed by atoms with Crippen molar-refractivity contribution < 1.29 is 0 Å². The van der Waals surface area contributed by atoms with Crippen LogP contribution in [-0.4, -0.2) is 9.97 Å². The lowest BCUT2D eigenvalue weighted by Crippen LogP contribution is -2.12. The third-order valence-electron chi connectivity index (χ3n) is 2.91. The van der Waals surface area contributed by atoms with E-state index in [1.54, 1.807) is 6.20 Å². The Morgan fingerprint density at radius 3 is 2.67 bits per heavy atom. The lowest BCUT2D eigenvalue weighted by Gasteiger charge is -2.19. The highest BCUT2D eigenvalue weighted by Gasteiger charge is 2.11. The summed E-state index contributed by atoms with van der Waals surface area (Å²) in [5, 5.41) is 3.42. The Kier molecular flexibility index (Phi) is 3.77. The summed E-state index contributed by atoms with van der Waals surface area (Å²) in [7, 11) is 0. The molecule has 0 aliphatic carbocycles. The fourth-order valence-electron chi connectivity index (χ4n) is 1.87. The normalized spacial score (nSPS) is 12.1. The topological polar surface area (TPSA) is 63.8 Å². The standard InChI is InChI=1S/C14H18N4/c1-3-12(11-7-5-4-6-8-11)17-13-10(2)9-16-14(15)18-13/h4-9,12H,3H2,1-2H3,(H3,15,16,17,18). The second kappa shape index (κ2) is 5.49. The van der Waals surface area contributed by atoms with E-state index >= 15 is 0 Å². The molecule has 4 heteroatoms. The van der Waals surface area contributed by atoms with Crippen LogP contribution in [0.15, 0.2) is 36.5 Å². The summed E-state index contributed by atoms with van der Waals surface area (Å²) in [5.41, 5.74) is 7.87. The van der Waals surface area contributed by atoms with Crippen molar-refractivity contribution in [3.05, 3.63) is 47.7 Å². The van der Waals surface area contributed by atoms with Gasteiger partial charge in [-0.05, 0) is 18.9 Å². The van der Waals surface area contributed by atoms with Crippen molar-refractivity contribution in [1.82, 2.24) is 9.97 Å². The SMILES string of the molecule is CCC(Nc1nc(N)ncc1C)c1ccccc1. The first-order valence-electron chi connectivity index (χ1n) is 6.11. The molecule has 0 radical (unpaired) electrons. The number of hydrogen-bond acceptors (Lipinski definition) is 4. The van der Waals surface area contributed by atoms with Gasteiger partial charge in [-0.15, -0.1) is 0 Å². The second-order valence-electron chi connectivity index (χ2n) is 4.28. The Bertz CT molecular complexity index is 510. The van der Waals surface area contributed by atoms with Gasteiger partial charge in [0.2, 0.25) is 5.95 Å². The van der Waals surface area contributed by atoms with Crippen LogP contribution in [0.25, 0.3) is 0 Å². The molecule has 0 spiro atoms. The molecule has 0 aliphatic heterocycles. The van der Waals surface area contributed by atoms with Crippen molar-refractivity contribution >= 4 is 11.8 Å². The lowest BCUT2D eigenvalue weighted by atomic mass is 10.0. The molecule has 0 fully saturated rings. The third kappa shape index (κ3) is 2.77. The highest BCUT2D eigenvalue weighted by Crippen LogP contribution is 2.23. The van der Waals surface area contributed by atoms with Crippen LogP contribution in [0, 0.1) is 6.92 Å². The molecule has 1 unspecified atom stereocenters. The molecule has 2 rings (SSSR count). The number of aromatic nitrogens is 2. The molecule has 1 aromatic heterocycles. The molecule has 1 heterocycles. The first kappa shape index (κ1) is 12.4. The lowest BCUT2D eigenvalue weighted by molar-refractivity contribution is 0.743. The van der Waals surface area contributed by atoms with Gasteiger partial charge in [0.15, 0.2) is 0 Å². The number of benzene rings is 1. The predicted octanol–water partition coefficient (Wildman–Crippen LogP) is 2.93. The van der Waals surface area contributed by atoms with Crippen molar-refractivity contribution in [2.24, 2.45) is 0 Å². The molecule has 2 aromatic rings. The molecular formula is C14H18N4. The summed E-state index contributed by atoms with van der Waals surface area (Å²) in [6.45, 7) is 4.12. The van der Waals surface area contributed by atoms with Crippen molar-refractivity contribution in [1.29, 1.82) is 0 Å². The number of nitrogens with one attached hydrogen (secondary N) is 1. The quantitative estimate of drug-likeness (QED) is 0.865. The third-order valence-corrected chi connectivity index (χ3v) is 2.91. The molecule has 0 bridgehead atoms. The van der Waals surface area contributed by atoms with Gasteiger partial charge in [-0.25, -0.2) is 4.98 Å². The van der Waals surface area contributed by atoms with Crippen LogP contribution in [-0.2, 0) is 0 Å². The maximum atomic E-state index is 5.62. The van der Waals surface area contributed by atoms with E-state index in [4.69, 9.17) is 5.73 Å². The Morgan fingerprint density at radius 1 is 1.28 bits per heavy atom. The number of nitrogen functional groups attached to an aromatic ring is 1. The Hall–Kier alpha value is -2.10. The van der Waals surface area contributed by atoms with E-state index in [0.717, 1.165) is 17.8 Å². The zero-order valence-corrected chi connectivity index (χ0v) is 10.7. The van der Waals surface area contributed by atoms with Gasteiger partial charge < -0.3 is 11.1 Å². The molecule has 18 heavy (non-hydrogen) atoms. The number of aryl methyl sites for hydroxylation is 1. The van der Waals surface area contributed by atoms with E-state index in [1.165, 1.54) is 5.56 Å². The van der Waals surface area contributed by atoms with Crippen LogP contribution in [0.2, 0.25) is 0 Å². The molecule has 4 nitrogen and oxygen atoms in total. The Morgan fingerprint density at radius 2 is 2.00 bits per heavy atom. The van der Waals surface area contributed by atoms with Gasteiger partial charge in [0.05, 0.1) is 6.04 Å². The average Bonchev–Trinajstić information content (AvgIpc) is 2.41. The van der Waals surface area contributed by atoms with Gasteiger partial charge in [0.25, 0.3) is 0 Å². The van der Waals surface area contributed by atoms with Crippen molar-refractivity contribution in [3.63, 3.8) is 0 Å². The number of nitrogens with zero attached hydrogens (tertiary/aromatic N) is 2. The maximum absolute atomic E-state index is 5.62. The van der Waals surface area contributed by atoms with Crippen LogP contribution in [0.3, 0.4) is 0 Å². The first-order valence-corrected chi connectivity index (χ1v) is 6.11. The van der Waals surface area contributed by atoms with E-state index in [-0.39, 0.29) is 6.04 Å². The minimum absolute atomic E-state index is 0.235. The summed E-state index contributed by atoms with van der Waals surface area (Å²) in [6.07, 6.45) is 2.72. The highest BCUT2D eigenvalue weighted by molar-refractivity contribution is 5.47. The predicted molar refractivity (Wildman–Crippen MR) is 74.3 cm³/mol. The number of rotatable bonds is 4. The van der Waals surface area contributed by atoms with Crippen LogP contribution in [0.5, 0.6) is 0 Å². The van der Waals surface area contributed by atoms with E-state index in [9.17, 15) is 0 Å². The first-order chi connectivity index (χ1) is 8.70. The van der Waals surface area contributed by atoms with Crippen LogP contribution < -0.4 is 11.1 Å². The second-order valence-corrected chi connectivity index (χ2v) is 4.28. The summed E-state index contributed by atoms with van der Waals surface area (Å²) >= 11 is 0. The van der Waals surface area contributed by atoms with Gasteiger partial charge in [-0.3, -0.25) is 0 Å². The van der Waals surface area contributed by atoms with E-state index in [1.807, 2.05) is 25.1 Å². The molecule has 0 amide bonds. The monoisotopic (exact) mass is 242 g/mol. The van der Waals surface area contributed by atoms with E-state index < -0.39 is 0 Å². The summed E-state index contributed by atoms with van der Waals surface area (Å²) < 4.78 is 0. The molecule has 0 aliphatic rings. The van der Waals surface area contributed by atoms with E-state index in [2.05, 4.69) is 34.3 Å². The maximum Gasteiger partial charge on any atom is 0.221 e. The average molecular weight is 242 g/mol. The van der Waals surface area contributed by atoms with Crippen LogP contribution >= 0.6 is 0 Å². The molecule has 1 atom stereocenters. The largest absolute Gasteiger partial charge is 0.368 e. The summed E-state index contributed by atoms with van der Waals surface area (Å²) in [6, 6.07) is 10.6. The molecule has 0 saturated heterocycles. The van der Waals surface area contributed by atoms with Gasteiger partial charge >= 0.3 is 0 Å². The summed E-state index contributed by atoms with van der Waals surface area (Å²) in [5.74, 6) is 1.10. The van der Waals surface area contributed by atoms with Gasteiger partial charge in [0.1, 0.15) is 5.82 Å². The fraction of sp³-hybridized carbons (Fsp3) is 0.286. The van der Waals surface area contributed by atoms with Gasteiger partial charge in [-0.1, -0.05) is 37.3 Å². The van der Waals surface area contributed by atoms with Gasteiger partial charge in [0, 0.05) is 11.8 Å². The minimum atomic E-state index is 0.235. The Balaban J connectivity index is 2.23. The zero-order valence-electron chi connectivity index (χ0n) is 10.7. The number of hydrogen-bond donors (Lipinski definition) is 2. The molecular weight excluding hydrogens is 224 g/mol. The smallest absolute Gasteiger partial charge is 0.221 e. The van der Waals surface area contributed by atoms with Crippen molar-refractivity contribution in [2.75, 3.05) is 11.1 Å². The van der Waals surface area contributed by atoms with Crippen LogP contribution in [0.4, 0.5) is 11.8 Å². The number of anilines is 2. The zero-order chi connectivity index (χ0) is 13.0. The summed E-state index contributed by atoms with van der Waals surface area (Å²) in [4.78, 5) is 8.21.